The predicted octanol–water partition coefficient (Wildman–Crippen LogP) is -0.0664. The number of nitrogens with one attached hydrogen (secondary N) is 3. The lowest BCUT2D eigenvalue weighted by molar-refractivity contribution is -0.130. The minimum Gasteiger partial charge on any atom is -0.354 e. The first-order valence-corrected chi connectivity index (χ1v) is 6.89. The lowest BCUT2D eigenvalue weighted by Gasteiger charge is -2.16. The first-order valence-electron chi connectivity index (χ1n) is 6.89. The average Bonchev–Trinajstić information content (AvgIpc) is 2.60. The van der Waals surface area contributed by atoms with Crippen LogP contribution in [0, 0.1) is 5.92 Å². The van der Waals surface area contributed by atoms with Gasteiger partial charge in [-0.2, -0.15) is 0 Å². The molecule has 1 fully saturated rings. The van der Waals surface area contributed by atoms with Crippen molar-refractivity contribution < 1.29 is 14.4 Å². The van der Waals surface area contributed by atoms with Crippen LogP contribution in [0.15, 0.2) is 0 Å². The highest BCUT2D eigenvalue weighted by molar-refractivity contribution is 5.90. The van der Waals surface area contributed by atoms with Crippen LogP contribution < -0.4 is 16.0 Å². The summed E-state index contributed by atoms with van der Waals surface area (Å²) in [7, 11) is 0. The van der Waals surface area contributed by atoms with Gasteiger partial charge in [-0.25, -0.2) is 0 Å². The summed E-state index contributed by atoms with van der Waals surface area (Å²) in [6.07, 6.45) is 3.22. The molecule has 0 bridgehead atoms. The van der Waals surface area contributed by atoms with E-state index in [0.717, 1.165) is 19.3 Å². The molecular weight excluding hydrogens is 246 g/mol. The summed E-state index contributed by atoms with van der Waals surface area (Å²) in [5.74, 6) is -0.699. The number of carbonyl (C=O) groups is 3. The Morgan fingerprint density at radius 1 is 1.42 bits per heavy atom. The third-order valence-corrected chi connectivity index (χ3v) is 3.35. The molecule has 3 amide bonds. The highest BCUT2D eigenvalue weighted by atomic mass is 16.2. The van der Waals surface area contributed by atoms with Crippen LogP contribution >= 0.6 is 0 Å². The zero-order chi connectivity index (χ0) is 14.3. The van der Waals surface area contributed by atoms with E-state index in [1.54, 1.807) is 0 Å². The van der Waals surface area contributed by atoms with Gasteiger partial charge in [-0.3, -0.25) is 14.4 Å². The van der Waals surface area contributed by atoms with Crippen LogP contribution in [0.3, 0.4) is 0 Å². The number of carbonyl (C=O) groups excluding carboxylic acids is 3. The van der Waals surface area contributed by atoms with Crippen molar-refractivity contribution in [3.63, 3.8) is 0 Å². The van der Waals surface area contributed by atoms with Gasteiger partial charge in [-0.05, 0) is 25.7 Å². The fourth-order valence-electron chi connectivity index (χ4n) is 1.85. The van der Waals surface area contributed by atoms with Crippen LogP contribution in [0.2, 0.25) is 0 Å². The molecule has 0 unspecified atom stereocenters. The van der Waals surface area contributed by atoms with Crippen LogP contribution in [0.4, 0.5) is 0 Å². The quantitative estimate of drug-likeness (QED) is 0.653. The smallest absolute Gasteiger partial charge is 0.242 e. The highest BCUT2D eigenvalue weighted by Crippen LogP contribution is 2.05. The fourth-order valence-corrected chi connectivity index (χ4v) is 1.85. The van der Waals surface area contributed by atoms with Gasteiger partial charge in [0.2, 0.25) is 17.7 Å². The second-order valence-corrected chi connectivity index (χ2v) is 4.93. The van der Waals surface area contributed by atoms with E-state index < -0.39 is 6.04 Å². The zero-order valence-electron chi connectivity index (χ0n) is 11.6. The van der Waals surface area contributed by atoms with Crippen molar-refractivity contribution in [2.24, 2.45) is 5.92 Å². The van der Waals surface area contributed by atoms with Crippen LogP contribution in [-0.4, -0.2) is 36.9 Å². The van der Waals surface area contributed by atoms with E-state index in [2.05, 4.69) is 16.0 Å². The Morgan fingerprint density at radius 2 is 2.16 bits per heavy atom. The molecule has 19 heavy (non-hydrogen) atoms. The molecule has 0 aromatic heterocycles. The molecule has 3 N–H and O–H groups in total. The molecular formula is C13H23N3O3. The van der Waals surface area contributed by atoms with E-state index in [9.17, 15) is 14.4 Å². The number of amides is 3. The van der Waals surface area contributed by atoms with Crippen LogP contribution in [0.25, 0.3) is 0 Å². The second-order valence-electron chi connectivity index (χ2n) is 4.93. The molecule has 1 rings (SSSR count). The summed E-state index contributed by atoms with van der Waals surface area (Å²) < 4.78 is 0. The summed E-state index contributed by atoms with van der Waals surface area (Å²) >= 11 is 0. The summed E-state index contributed by atoms with van der Waals surface area (Å²) in [6, 6.07) is -0.476. The Hall–Kier alpha value is -1.59. The van der Waals surface area contributed by atoms with Crippen molar-refractivity contribution in [1.29, 1.82) is 0 Å². The SMILES string of the molecule is CC[C@@H](C)C(=O)NCC(=O)N[C@@H]1CCCCNC1=O. The summed E-state index contributed by atoms with van der Waals surface area (Å²) in [6.45, 7) is 4.31. The first kappa shape index (κ1) is 15.5. The molecule has 0 aliphatic carbocycles. The molecule has 0 radical (unpaired) electrons. The van der Waals surface area contributed by atoms with Gasteiger partial charge in [0.05, 0.1) is 6.54 Å². The predicted molar refractivity (Wildman–Crippen MR) is 71.3 cm³/mol. The second kappa shape index (κ2) is 7.76. The van der Waals surface area contributed by atoms with Crippen LogP contribution in [-0.2, 0) is 14.4 Å². The maximum atomic E-state index is 11.7. The van der Waals surface area contributed by atoms with Gasteiger partial charge in [0.1, 0.15) is 6.04 Å². The normalized spacial score (nSPS) is 20.9. The highest BCUT2D eigenvalue weighted by Gasteiger charge is 2.22. The molecule has 6 nitrogen and oxygen atoms in total. The molecule has 0 aromatic carbocycles. The molecule has 1 heterocycles. The Balaban J connectivity index is 2.34. The van der Waals surface area contributed by atoms with Crippen LogP contribution in [0.1, 0.15) is 39.5 Å². The van der Waals surface area contributed by atoms with Crippen molar-refractivity contribution in [3.05, 3.63) is 0 Å². The van der Waals surface area contributed by atoms with Gasteiger partial charge in [-0.1, -0.05) is 13.8 Å². The average molecular weight is 269 g/mol. The lowest BCUT2D eigenvalue weighted by atomic mass is 10.1. The van der Waals surface area contributed by atoms with E-state index in [-0.39, 0.29) is 30.2 Å². The molecule has 108 valence electrons. The molecule has 0 saturated carbocycles. The monoisotopic (exact) mass is 269 g/mol. The standard InChI is InChI=1S/C13H23N3O3/c1-3-9(2)12(18)15-8-11(17)16-10-6-4-5-7-14-13(10)19/h9-10H,3-8H2,1-2H3,(H,14,19)(H,15,18)(H,16,17)/t9-,10-/m1/s1. The minimum atomic E-state index is -0.476. The molecule has 1 aliphatic heterocycles. The molecule has 6 heteroatoms. The molecule has 0 aromatic rings. The minimum absolute atomic E-state index is 0.0764. The first-order chi connectivity index (χ1) is 9.04. The van der Waals surface area contributed by atoms with Gasteiger partial charge in [-0.15, -0.1) is 0 Å². The number of hydrogen-bond donors (Lipinski definition) is 3. The van der Waals surface area contributed by atoms with Gasteiger partial charge in [0.25, 0.3) is 0 Å². The fraction of sp³-hybridized carbons (Fsp3) is 0.769. The van der Waals surface area contributed by atoms with Crippen molar-refractivity contribution in [2.75, 3.05) is 13.1 Å². The maximum absolute atomic E-state index is 11.7. The molecule has 2 atom stereocenters. The largest absolute Gasteiger partial charge is 0.354 e. The Labute approximate surface area is 113 Å². The zero-order valence-corrected chi connectivity index (χ0v) is 11.6. The van der Waals surface area contributed by atoms with Crippen molar-refractivity contribution in [1.82, 2.24) is 16.0 Å². The Bertz CT molecular complexity index is 344. The summed E-state index contributed by atoms with van der Waals surface area (Å²) in [5, 5.41) is 7.98. The van der Waals surface area contributed by atoms with Gasteiger partial charge < -0.3 is 16.0 Å². The van der Waals surface area contributed by atoms with E-state index in [0.29, 0.717) is 13.0 Å². The van der Waals surface area contributed by atoms with Gasteiger partial charge >= 0.3 is 0 Å². The number of rotatable bonds is 5. The Kier molecular flexibility index (Phi) is 6.32. The third kappa shape index (κ3) is 5.28. The maximum Gasteiger partial charge on any atom is 0.242 e. The van der Waals surface area contributed by atoms with E-state index in [1.165, 1.54) is 0 Å². The Morgan fingerprint density at radius 3 is 2.84 bits per heavy atom. The van der Waals surface area contributed by atoms with E-state index in [4.69, 9.17) is 0 Å². The topological polar surface area (TPSA) is 87.3 Å². The molecule has 1 saturated heterocycles. The van der Waals surface area contributed by atoms with Crippen molar-refractivity contribution >= 4 is 17.7 Å². The van der Waals surface area contributed by atoms with Crippen molar-refractivity contribution in [3.8, 4) is 0 Å². The van der Waals surface area contributed by atoms with Crippen LogP contribution in [0.5, 0.6) is 0 Å². The number of hydrogen-bond acceptors (Lipinski definition) is 3. The third-order valence-electron chi connectivity index (χ3n) is 3.35. The van der Waals surface area contributed by atoms with Gasteiger partial charge in [0.15, 0.2) is 0 Å². The summed E-state index contributed by atoms with van der Waals surface area (Å²) in [4.78, 5) is 34.8. The molecule has 0 spiro atoms. The lowest BCUT2D eigenvalue weighted by Crippen LogP contribution is -2.48. The van der Waals surface area contributed by atoms with Gasteiger partial charge in [0, 0.05) is 12.5 Å². The van der Waals surface area contributed by atoms with E-state index in [1.807, 2.05) is 13.8 Å². The summed E-state index contributed by atoms with van der Waals surface area (Å²) in [5.41, 5.74) is 0. The van der Waals surface area contributed by atoms with Crippen molar-refractivity contribution in [2.45, 2.75) is 45.6 Å². The molecule has 1 aliphatic rings. The van der Waals surface area contributed by atoms with E-state index >= 15 is 0 Å².